The van der Waals surface area contributed by atoms with Crippen LogP contribution in [0.1, 0.15) is 56.6 Å². The lowest BCUT2D eigenvalue weighted by atomic mass is 9.73. The van der Waals surface area contributed by atoms with E-state index in [4.69, 9.17) is 22.2 Å². The van der Waals surface area contributed by atoms with Crippen LogP contribution in [-0.2, 0) is 4.74 Å². The minimum Gasteiger partial charge on any atom is -0.375 e. The molecule has 1 saturated carbocycles. The number of ether oxygens (including phenoxy) is 1. The first kappa shape index (κ1) is 15.2. The molecule has 5 heteroatoms. The Morgan fingerprint density at radius 3 is 2.90 bits per heavy atom. The summed E-state index contributed by atoms with van der Waals surface area (Å²) < 4.78 is 6.18. The van der Waals surface area contributed by atoms with Crippen LogP contribution in [0.25, 0.3) is 0 Å². The van der Waals surface area contributed by atoms with Gasteiger partial charge < -0.3 is 4.74 Å². The molecule has 116 valence electrons. The number of hydrazine groups is 1. The van der Waals surface area contributed by atoms with E-state index >= 15 is 0 Å². The molecule has 1 aromatic heterocycles. The number of aromatic nitrogens is 1. The smallest absolute Gasteiger partial charge is 0.129 e. The molecule has 3 rings (SSSR count). The van der Waals surface area contributed by atoms with Crippen LogP contribution in [-0.4, -0.2) is 17.2 Å². The second kappa shape index (κ2) is 6.61. The molecule has 1 saturated heterocycles. The maximum atomic E-state index is 6.18. The van der Waals surface area contributed by atoms with Gasteiger partial charge in [0, 0.05) is 18.8 Å². The highest BCUT2D eigenvalue weighted by atomic mass is 35.5. The van der Waals surface area contributed by atoms with Crippen molar-refractivity contribution in [3.8, 4) is 0 Å². The molecule has 1 aromatic rings. The van der Waals surface area contributed by atoms with Gasteiger partial charge in [-0.05, 0) is 49.3 Å². The van der Waals surface area contributed by atoms with Gasteiger partial charge in [-0.1, -0.05) is 30.9 Å². The second-order valence-electron chi connectivity index (χ2n) is 6.40. The van der Waals surface area contributed by atoms with E-state index in [9.17, 15) is 0 Å². The zero-order chi connectivity index (χ0) is 14.7. The van der Waals surface area contributed by atoms with Crippen molar-refractivity contribution < 1.29 is 4.74 Å². The predicted octanol–water partition coefficient (Wildman–Crippen LogP) is 3.37. The molecule has 4 nitrogen and oxygen atoms in total. The number of nitrogens with one attached hydrogen (secondary N) is 1. The van der Waals surface area contributed by atoms with Crippen molar-refractivity contribution in [1.82, 2.24) is 10.4 Å². The summed E-state index contributed by atoms with van der Waals surface area (Å²) in [5, 5.41) is 0.521. The predicted molar refractivity (Wildman–Crippen MR) is 83.8 cm³/mol. The van der Waals surface area contributed by atoms with Crippen molar-refractivity contribution >= 4 is 11.6 Å². The molecule has 1 aliphatic carbocycles. The van der Waals surface area contributed by atoms with Crippen LogP contribution in [0.3, 0.4) is 0 Å². The number of rotatable bonds is 3. The highest BCUT2D eigenvalue weighted by Crippen LogP contribution is 2.44. The van der Waals surface area contributed by atoms with E-state index in [0.29, 0.717) is 11.1 Å². The molecule has 0 radical (unpaired) electrons. The first-order valence-corrected chi connectivity index (χ1v) is 8.32. The van der Waals surface area contributed by atoms with E-state index in [2.05, 4.69) is 10.4 Å². The Balaban J connectivity index is 1.77. The Labute approximate surface area is 131 Å². The molecule has 2 heterocycles. The zero-order valence-electron chi connectivity index (χ0n) is 12.4. The third-order valence-electron chi connectivity index (χ3n) is 5.06. The van der Waals surface area contributed by atoms with Crippen molar-refractivity contribution in [3.05, 3.63) is 29.0 Å². The first-order chi connectivity index (χ1) is 10.2. The molecule has 2 unspecified atom stereocenters. The number of halogens is 1. The van der Waals surface area contributed by atoms with Crippen molar-refractivity contribution in [1.29, 1.82) is 0 Å². The monoisotopic (exact) mass is 309 g/mol. The third-order valence-corrected chi connectivity index (χ3v) is 5.26. The lowest BCUT2D eigenvalue weighted by molar-refractivity contribution is -0.122. The average Bonchev–Trinajstić information content (AvgIpc) is 2.49. The van der Waals surface area contributed by atoms with E-state index in [1.165, 1.54) is 32.1 Å². The summed E-state index contributed by atoms with van der Waals surface area (Å²) in [5.41, 5.74) is 4.21. The largest absolute Gasteiger partial charge is 0.375 e. The highest BCUT2D eigenvalue weighted by Gasteiger charge is 2.40. The zero-order valence-corrected chi connectivity index (χ0v) is 13.1. The maximum absolute atomic E-state index is 6.18. The lowest BCUT2D eigenvalue weighted by Gasteiger charge is -2.45. The van der Waals surface area contributed by atoms with Crippen LogP contribution in [0.4, 0.5) is 0 Å². The van der Waals surface area contributed by atoms with Gasteiger partial charge in [-0.25, -0.2) is 4.98 Å². The van der Waals surface area contributed by atoms with Crippen LogP contribution in [0.15, 0.2) is 18.3 Å². The first-order valence-electron chi connectivity index (χ1n) is 7.94. The number of hydrogen-bond acceptors (Lipinski definition) is 4. The van der Waals surface area contributed by atoms with Crippen molar-refractivity contribution in [2.45, 2.75) is 56.6 Å². The molecule has 2 fully saturated rings. The molecule has 2 aliphatic rings. The molecule has 1 aliphatic heterocycles. The summed E-state index contributed by atoms with van der Waals surface area (Å²) in [6.45, 7) is 0.835. The topological polar surface area (TPSA) is 60.2 Å². The molecule has 3 N–H and O–H groups in total. The number of hydrogen-bond donors (Lipinski definition) is 2. The summed E-state index contributed by atoms with van der Waals surface area (Å²) in [4.78, 5) is 4.06. The van der Waals surface area contributed by atoms with Crippen molar-refractivity contribution in [3.63, 3.8) is 0 Å². The van der Waals surface area contributed by atoms with Crippen molar-refractivity contribution in [2.75, 3.05) is 6.61 Å². The Morgan fingerprint density at radius 2 is 2.19 bits per heavy atom. The Morgan fingerprint density at radius 1 is 1.38 bits per heavy atom. The highest BCUT2D eigenvalue weighted by molar-refractivity contribution is 6.29. The molecule has 0 amide bonds. The van der Waals surface area contributed by atoms with Crippen LogP contribution >= 0.6 is 11.6 Å². The van der Waals surface area contributed by atoms with Gasteiger partial charge in [-0.15, -0.1) is 0 Å². The minimum atomic E-state index is 0.0904. The van der Waals surface area contributed by atoms with E-state index in [-0.39, 0.29) is 11.6 Å². The third kappa shape index (κ3) is 3.39. The molecular weight excluding hydrogens is 286 g/mol. The van der Waals surface area contributed by atoms with Crippen LogP contribution in [0.5, 0.6) is 0 Å². The van der Waals surface area contributed by atoms with Crippen LogP contribution in [0.2, 0.25) is 5.15 Å². The number of pyridine rings is 1. The van der Waals surface area contributed by atoms with Gasteiger partial charge in [0.25, 0.3) is 0 Å². The van der Waals surface area contributed by atoms with Crippen LogP contribution < -0.4 is 11.3 Å². The van der Waals surface area contributed by atoms with E-state index in [1.54, 1.807) is 6.20 Å². The quantitative estimate of drug-likeness (QED) is 0.510. The van der Waals surface area contributed by atoms with Gasteiger partial charge in [-0.2, -0.15) is 0 Å². The summed E-state index contributed by atoms with van der Waals surface area (Å²) in [7, 11) is 0. The van der Waals surface area contributed by atoms with Crippen molar-refractivity contribution in [2.24, 2.45) is 11.8 Å². The fourth-order valence-corrected chi connectivity index (χ4v) is 4.19. The van der Waals surface area contributed by atoms with E-state index < -0.39 is 0 Å². The van der Waals surface area contributed by atoms with Gasteiger partial charge in [0.1, 0.15) is 5.15 Å². The van der Waals surface area contributed by atoms with E-state index in [0.717, 1.165) is 25.0 Å². The van der Waals surface area contributed by atoms with Crippen LogP contribution in [0, 0.1) is 5.92 Å². The molecule has 1 spiro atoms. The maximum Gasteiger partial charge on any atom is 0.129 e. The van der Waals surface area contributed by atoms with Gasteiger partial charge in [-0.3, -0.25) is 11.3 Å². The fraction of sp³-hybridized carbons (Fsp3) is 0.688. The SMILES string of the molecule is NNC(c1ccnc(Cl)c1)C1CCOC2(CCCCC2)C1. The standard InChI is InChI=1S/C16H24ClN3O/c17-14-10-12(4-8-19-14)15(20-18)13-5-9-21-16(11-13)6-2-1-3-7-16/h4,8,10,13,15,20H,1-3,5-7,9,11,18H2. The molecule has 2 atom stereocenters. The Kier molecular flexibility index (Phi) is 4.79. The normalized spacial score (nSPS) is 26.7. The Bertz CT molecular complexity index is 471. The minimum absolute atomic E-state index is 0.0904. The molecule has 0 aromatic carbocycles. The number of nitrogens with zero attached hydrogens (tertiary/aromatic N) is 1. The molecule has 21 heavy (non-hydrogen) atoms. The lowest BCUT2D eigenvalue weighted by Crippen LogP contribution is -2.45. The molecular formula is C16H24ClN3O. The van der Waals surface area contributed by atoms with Gasteiger partial charge in [0.15, 0.2) is 0 Å². The van der Waals surface area contributed by atoms with Gasteiger partial charge >= 0.3 is 0 Å². The Hall–Kier alpha value is -0.680. The summed E-state index contributed by atoms with van der Waals surface area (Å²) in [6.07, 6.45) is 10.2. The fourth-order valence-electron chi connectivity index (χ4n) is 4.01. The average molecular weight is 310 g/mol. The summed E-state index contributed by atoms with van der Waals surface area (Å²) in [5.74, 6) is 6.34. The van der Waals surface area contributed by atoms with Gasteiger partial charge in [0.05, 0.1) is 5.60 Å². The summed E-state index contributed by atoms with van der Waals surface area (Å²) >= 11 is 6.02. The van der Waals surface area contributed by atoms with E-state index in [1.807, 2.05) is 12.1 Å². The number of nitrogens with two attached hydrogens (primary N) is 1. The molecule has 0 bridgehead atoms. The summed E-state index contributed by atoms with van der Waals surface area (Å²) in [6, 6.07) is 4.03. The van der Waals surface area contributed by atoms with Gasteiger partial charge in [0.2, 0.25) is 0 Å². The second-order valence-corrected chi connectivity index (χ2v) is 6.79.